The molecule has 140 valence electrons. The second kappa shape index (κ2) is 7.61. The number of carbonyl (C=O) groups excluding carboxylic acids is 1. The summed E-state index contributed by atoms with van der Waals surface area (Å²) < 4.78 is 7.31. The molecular weight excluding hydrogens is 330 g/mol. The van der Waals surface area contributed by atoms with Crippen LogP contribution in [-0.4, -0.2) is 38.8 Å². The van der Waals surface area contributed by atoms with Gasteiger partial charge in [-0.2, -0.15) is 5.10 Å². The minimum atomic E-state index is 0.204. The first kappa shape index (κ1) is 17.3. The summed E-state index contributed by atoms with van der Waals surface area (Å²) in [4.78, 5) is 14.3. The van der Waals surface area contributed by atoms with Gasteiger partial charge in [0.1, 0.15) is 5.76 Å². The molecule has 0 unspecified atom stereocenters. The molecule has 0 spiro atoms. The van der Waals surface area contributed by atoms with E-state index in [1.165, 1.54) is 18.5 Å². The molecule has 1 aliphatic heterocycles. The van der Waals surface area contributed by atoms with Crippen molar-refractivity contribution in [3.8, 4) is 0 Å². The summed E-state index contributed by atoms with van der Waals surface area (Å²) >= 11 is 0. The van der Waals surface area contributed by atoms with E-state index in [-0.39, 0.29) is 5.91 Å². The summed E-state index contributed by atoms with van der Waals surface area (Å²) in [5.74, 6) is 2.14. The van der Waals surface area contributed by atoms with Crippen LogP contribution >= 0.6 is 0 Å². The van der Waals surface area contributed by atoms with Crippen LogP contribution < -0.4 is 5.32 Å². The molecule has 7 heteroatoms. The van der Waals surface area contributed by atoms with E-state index in [1.54, 1.807) is 0 Å². The van der Waals surface area contributed by atoms with E-state index in [4.69, 9.17) is 4.52 Å². The maximum atomic E-state index is 11.9. The van der Waals surface area contributed by atoms with Crippen molar-refractivity contribution in [2.24, 2.45) is 11.8 Å². The second-order valence-electron chi connectivity index (χ2n) is 7.76. The van der Waals surface area contributed by atoms with Gasteiger partial charge in [0.15, 0.2) is 0 Å². The molecule has 1 saturated carbocycles. The summed E-state index contributed by atoms with van der Waals surface area (Å²) in [6.07, 6.45) is 5.96. The monoisotopic (exact) mass is 357 g/mol. The summed E-state index contributed by atoms with van der Waals surface area (Å²) in [6.45, 7) is 6.15. The Labute approximate surface area is 153 Å². The van der Waals surface area contributed by atoms with Gasteiger partial charge >= 0.3 is 0 Å². The third-order valence-corrected chi connectivity index (χ3v) is 5.25. The number of nitrogens with one attached hydrogen (secondary N) is 1. The Kier molecular flexibility index (Phi) is 5.06. The van der Waals surface area contributed by atoms with Crippen LogP contribution in [0.4, 0.5) is 0 Å². The predicted octanol–water partition coefficient (Wildman–Crippen LogP) is 2.12. The van der Waals surface area contributed by atoms with Gasteiger partial charge in [-0.05, 0) is 44.1 Å². The zero-order valence-corrected chi connectivity index (χ0v) is 15.4. The Bertz CT molecular complexity index is 749. The number of rotatable bonds is 7. The first-order valence-electron chi connectivity index (χ1n) is 9.57. The van der Waals surface area contributed by atoms with Crippen molar-refractivity contribution in [2.75, 3.05) is 13.1 Å². The summed E-state index contributed by atoms with van der Waals surface area (Å²) in [7, 11) is 0. The zero-order chi connectivity index (χ0) is 17.9. The number of fused-ring (bicyclic) bond motifs is 1. The lowest BCUT2D eigenvalue weighted by Crippen LogP contribution is -2.31. The SMILES string of the molecule is Cc1cc(CN2Cc3ccnn3C[C@H](CCNC(=O)CC3CC3)C2)no1. The lowest BCUT2D eigenvalue weighted by Gasteiger charge is -2.23. The van der Waals surface area contributed by atoms with Gasteiger partial charge < -0.3 is 9.84 Å². The Hall–Kier alpha value is -2.15. The zero-order valence-electron chi connectivity index (χ0n) is 15.4. The number of aryl methyl sites for hydroxylation is 1. The molecule has 0 aromatic carbocycles. The number of nitrogens with zero attached hydrogens (tertiary/aromatic N) is 4. The molecule has 3 heterocycles. The normalized spacial score (nSPS) is 20.6. The van der Waals surface area contributed by atoms with E-state index in [9.17, 15) is 4.79 Å². The number of hydrogen-bond acceptors (Lipinski definition) is 5. The smallest absolute Gasteiger partial charge is 0.220 e. The molecule has 1 aliphatic carbocycles. The standard InChI is InChI=1S/C19H27N5O2/c1-14-8-17(22-26-14)12-23-10-16(11-24-18(13-23)5-7-21-24)4-6-20-19(25)9-15-2-3-15/h5,7-8,15-16H,2-4,6,9-13H2,1H3,(H,20,25)/t16-/m1/s1. The van der Waals surface area contributed by atoms with Crippen molar-refractivity contribution in [3.63, 3.8) is 0 Å². The molecule has 0 radical (unpaired) electrons. The molecule has 2 aromatic rings. The van der Waals surface area contributed by atoms with Gasteiger partial charge in [-0.1, -0.05) is 5.16 Å². The molecule has 0 saturated heterocycles. The Morgan fingerprint density at radius 1 is 1.35 bits per heavy atom. The Morgan fingerprint density at radius 2 is 2.23 bits per heavy atom. The van der Waals surface area contributed by atoms with Crippen LogP contribution in [0.25, 0.3) is 0 Å². The lowest BCUT2D eigenvalue weighted by molar-refractivity contribution is -0.121. The van der Waals surface area contributed by atoms with Crippen LogP contribution in [-0.2, 0) is 24.4 Å². The topological polar surface area (TPSA) is 76.2 Å². The van der Waals surface area contributed by atoms with Gasteiger partial charge in [0, 0.05) is 51.4 Å². The van der Waals surface area contributed by atoms with Gasteiger partial charge in [0.05, 0.1) is 11.4 Å². The van der Waals surface area contributed by atoms with Gasteiger partial charge in [-0.25, -0.2) is 0 Å². The molecule has 2 aliphatic rings. The first-order chi connectivity index (χ1) is 12.7. The van der Waals surface area contributed by atoms with Gasteiger partial charge in [0.25, 0.3) is 0 Å². The predicted molar refractivity (Wildman–Crippen MR) is 96.0 cm³/mol. The highest BCUT2D eigenvalue weighted by Crippen LogP contribution is 2.32. The quantitative estimate of drug-likeness (QED) is 0.821. The van der Waals surface area contributed by atoms with Crippen molar-refractivity contribution in [1.82, 2.24) is 25.2 Å². The second-order valence-corrected chi connectivity index (χ2v) is 7.76. The third kappa shape index (κ3) is 4.52. The molecule has 1 amide bonds. The van der Waals surface area contributed by atoms with E-state index in [1.807, 2.05) is 19.2 Å². The molecule has 4 rings (SSSR count). The van der Waals surface area contributed by atoms with Crippen LogP contribution in [0.1, 0.15) is 42.8 Å². The minimum absolute atomic E-state index is 0.204. The number of amides is 1. The van der Waals surface area contributed by atoms with Gasteiger partial charge in [0.2, 0.25) is 5.91 Å². The van der Waals surface area contributed by atoms with Crippen LogP contribution in [0.3, 0.4) is 0 Å². The Morgan fingerprint density at radius 3 is 3.00 bits per heavy atom. The van der Waals surface area contributed by atoms with Crippen molar-refractivity contribution >= 4 is 5.91 Å². The fourth-order valence-electron chi connectivity index (χ4n) is 3.72. The average molecular weight is 357 g/mol. The molecule has 1 N–H and O–H groups in total. The van der Waals surface area contributed by atoms with Crippen LogP contribution in [0.2, 0.25) is 0 Å². The molecule has 1 atom stereocenters. The van der Waals surface area contributed by atoms with Crippen molar-refractivity contribution in [3.05, 3.63) is 35.5 Å². The number of carbonyl (C=O) groups is 1. The summed E-state index contributed by atoms with van der Waals surface area (Å²) in [5, 5.41) is 11.7. The van der Waals surface area contributed by atoms with Gasteiger partial charge in [-0.15, -0.1) is 0 Å². The van der Waals surface area contributed by atoms with Crippen LogP contribution in [0.15, 0.2) is 22.9 Å². The highest BCUT2D eigenvalue weighted by molar-refractivity contribution is 5.76. The summed E-state index contributed by atoms with van der Waals surface area (Å²) in [5.41, 5.74) is 2.19. The fraction of sp³-hybridized carbons (Fsp3) is 0.632. The van der Waals surface area contributed by atoms with E-state index < -0.39 is 0 Å². The van der Waals surface area contributed by atoms with E-state index in [0.29, 0.717) is 18.3 Å². The summed E-state index contributed by atoms with van der Waals surface area (Å²) in [6, 6.07) is 4.08. The molecule has 26 heavy (non-hydrogen) atoms. The van der Waals surface area contributed by atoms with E-state index >= 15 is 0 Å². The van der Waals surface area contributed by atoms with Crippen molar-refractivity contribution < 1.29 is 9.32 Å². The number of hydrogen-bond donors (Lipinski definition) is 1. The maximum Gasteiger partial charge on any atom is 0.220 e. The molecule has 2 aromatic heterocycles. The number of aromatic nitrogens is 3. The third-order valence-electron chi connectivity index (χ3n) is 5.25. The average Bonchev–Trinajstić information content (AvgIpc) is 3.21. The Balaban J connectivity index is 1.35. The minimum Gasteiger partial charge on any atom is -0.361 e. The molecule has 7 nitrogen and oxygen atoms in total. The van der Waals surface area contributed by atoms with E-state index in [0.717, 1.165) is 50.6 Å². The first-order valence-corrected chi connectivity index (χ1v) is 9.57. The molecule has 1 fully saturated rings. The maximum absolute atomic E-state index is 11.9. The molecule has 0 bridgehead atoms. The van der Waals surface area contributed by atoms with Crippen LogP contribution in [0.5, 0.6) is 0 Å². The largest absolute Gasteiger partial charge is 0.361 e. The fourth-order valence-corrected chi connectivity index (χ4v) is 3.72. The highest BCUT2D eigenvalue weighted by Gasteiger charge is 2.25. The molecular formula is C19H27N5O2. The van der Waals surface area contributed by atoms with Gasteiger partial charge in [-0.3, -0.25) is 14.4 Å². The lowest BCUT2D eigenvalue weighted by atomic mass is 10.0. The van der Waals surface area contributed by atoms with E-state index in [2.05, 4.69) is 31.2 Å². The highest BCUT2D eigenvalue weighted by atomic mass is 16.5. The van der Waals surface area contributed by atoms with Crippen LogP contribution in [0, 0.1) is 18.8 Å². The van der Waals surface area contributed by atoms with Crippen molar-refractivity contribution in [1.29, 1.82) is 0 Å². The van der Waals surface area contributed by atoms with Crippen molar-refractivity contribution in [2.45, 2.75) is 52.2 Å².